The molecule has 0 amide bonds. The van der Waals surface area contributed by atoms with E-state index in [1.54, 1.807) is 12.1 Å². The van der Waals surface area contributed by atoms with E-state index >= 15 is 0 Å². The van der Waals surface area contributed by atoms with E-state index in [9.17, 15) is 9.59 Å². The molecule has 0 saturated carbocycles. The number of rotatable bonds is 7. The van der Waals surface area contributed by atoms with E-state index in [4.69, 9.17) is 16.3 Å². The molecule has 0 N–H and O–H groups in total. The maximum atomic E-state index is 11.8. The van der Waals surface area contributed by atoms with Crippen molar-refractivity contribution in [2.75, 3.05) is 0 Å². The number of hydrogen-bond donors (Lipinski definition) is 0. The SMILES string of the molecule is O=C(CCc1ccc(Cl)cc1)CC(=O)OCc1ccccc1. The van der Waals surface area contributed by atoms with Crippen molar-refractivity contribution in [2.45, 2.75) is 25.9 Å². The van der Waals surface area contributed by atoms with Gasteiger partial charge < -0.3 is 4.74 Å². The molecule has 0 fully saturated rings. The lowest BCUT2D eigenvalue weighted by Crippen LogP contribution is -2.11. The van der Waals surface area contributed by atoms with Gasteiger partial charge in [-0.2, -0.15) is 0 Å². The molecule has 2 rings (SSSR count). The zero-order chi connectivity index (χ0) is 15.8. The minimum atomic E-state index is -0.482. The molecule has 0 bridgehead atoms. The summed E-state index contributed by atoms with van der Waals surface area (Å²) in [7, 11) is 0. The monoisotopic (exact) mass is 316 g/mol. The maximum Gasteiger partial charge on any atom is 0.313 e. The van der Waals surface area contributed by atoms with Crippen molar-refractivity contribution < 1.29 is 14.3 Å². The van der Waals surface area contributed by atoms with Crippen molar-refractivity contribution in [3.05, 3.63) is 70.7 Å². The Bertz CT molecular complexity index is 621. The molecule has 0 spiro atoms. The van der Waals surface area contributed by atoms with E-state index in [1.807, 2.05) is 42.5 Å². The largest absolute Gasteiger partial charge is 0.460 e. The average Bonchev–Trinajstić information content (AvgIpc) is 2.53. The van der Waals surface area contributed by atoms with Gasteiger partial charge in [0.25, 0.3) is 0 Å². The Morgan fingerprint density at radius 2 is 1.59 bits per heavy atom. The van der Waals surface area contributed by atoms with Crippen LogP contribution in [0.15, 0.2) is 54.6 Å². The van der Waals surface area contributed by atoms with Gasteiger partial charge in [0.2, 0.25) is 0 Å². The summed E-state index contributed by atoms with van der Waals surface area (Å²) in [6, 6.07) is 16.7. The van der Waals surface area contributed by atoms with Crippen molar-refractivity contribution in [3.63, 3.8) is 0 Å². The molecule has 0 aliphatic heterocycles. The second-order valence-corrected chi connectivity index (χ2v) is 5.42. The summed E-state index contributed by atoms with van der Waals surface area (Å²) < 4.78 is 5.09. The van der Waals surface area contributed by atoms with Crippen molar-refractivity contribution in [2.24, 2.45) is 0 Å². The van der Waals surface area contributed by atoms with Crippen molar-refractivity contribution in [1.82, 2.24) is 0 Å². The van der Waals surface area contributed by atoms with E-state index in [0.717, 1.165) is 11.1 Å². The second-order valence-electron chi connectivity index (χ2n) is 4.99. The number of Topliss-reactive ketones (excluding diaryl/α,β-unsaturated/α-hetero) is 1. The predicted octanol–water partition coefficient (Wildman–Crippen LogP) is 3.98. The molecule has 0 radical (unpaired) electrons. The van der Waals surface area contributed by atoms with Crippen LogP contribution in [0.2, 0.25) is 5.02 Å². The van der Waals surface area contributed by atoms with E-state index in [0.29, 0.717) is 17.9 Å². The van der Waals surface area contributed by atoms with Crippen LogP contribution in [0.1, 0.15) is 24.0 Å². The number of halogens is 1. The van der Waals surface area contributed by atoms with Crippen LogP contribution >= 0.6 is 11.6 Å². The minimum Gasteiger partial charge on any atom is -0.460 e. The highest BCUT2D eigenvalue weighted by Crippen LogP contribution is 2.11. The molecule has 4 heteroatoms. The van der Waals surface area contributed by atoms with Crippen molar-refractivity contribution >= 4 is 23.4 Å². The van der Waals surface area contributed by atoms with E-state index < -0.39 is 5.97 Å². The van der Waals surface area contributed by atoms with Gasteiger partial charge in [0, 0.05) is 11.4 Å². The smallest absolute Gasteiger partial charge is 0.313 e. The Kier molecular flexibility index (Phi) is 6.16. The first kappa shape index (κ1) is 16.2. The summed E-state index contributed by atoms with van der Waals surface area (Å²) in [5.74, 6) is -0.599. The fourth-order valence-corrected chi connectivity index (χ4v) is 2.10. The third-order valence-electron chi connectivity index (χ3n) is 3.19. The number of carbonyl (C=O) groups excluding carboxylic acids is 2. The van der Waals surface area contributed by atoms with Gasteiger partial charge in [0.15, 0.2) is 0 Å². The quantitative estimate of drug-likeness (QED) is 0.573. The molecule has 3 nitrogen and oxygen atoms in total. The van der Waals surface area contributed by atoms with Gasteiger partial charge in [-0.3, -0.25) is 9.59 Å². The number of benzene rings is 2. The van der Waals surface area contributed by atoms with Crippen LogP contribution in [-0.4, -0.2) is 11.8 Å². The summed E-state index contributed by atoms with van der Waals surface area (Å²) in [6.07, 6.45) is 0.741. The van der Waals surface area contributed by atoms with Gasteiger partial charge in [-0.25, -0.2) is 0 Å². The van der Waals surface area contributed by atoms with Crippen LogP contribution < -0.4 is 0 Å². The van der Waals surface area contributed by atoms with Crippen molar-refractivity contribution in [1.29, 1.82) is 0 Å². The number of hydrogen-bond acceptors (Lipinski definition) is 3. The summed E-state index contributed by atoms with van der Waals surface area (Å²) in [6.45, 7) is 0.199. The lowest BCUT2D eigenvalue weighted by Gasteiger charge is -2.05. The van der Waals surface area contributed by atoms with Gasteiger partial charge >= 0.3 is 5.97 Å². The molecule has 0 saturated heterocycles. The Morgan fingerprint density at radius 3 is 2.27 bits per heavy atom. The Morgan fingerprint density at radius 1 is 0.909 bits per heavy atom. The second kappa shape index (κ2) is 8.35. The van der Waals surface area contributed by atoms with E-state index in [1.165, 1.54) is 0 Å². The number of ether oxygens (including phenoxy) is 1. The van der Waals surface area contributed by atoms with Gasteiger partial charge in [0.05, 0.1) is 0 Å². The fraction of sp³-hybridized carbons (Fsp3) is 0.222. The highest BCUT2D eigenvalue weighted by molar-refractivity contribution is 6.30. The summed E-state index contributed by atoms with van der Waals surface area (Å²) in [4.78, 5) is 23.4. The summed E-state index contributed by atoms with van der Waals surface area (Å²) >= 11 is 5.80. The lowest BCUT2D eigenvalue weighted by atomic mass is 10.1. The molecule has 22 heavy (non-hydrogen) atoms. The lowest BCUT2D eigenvalue weighted by molar-refractivity contribution is -0.147. The Hall–Kier alpha value is -2.13. The molecule has 0 aromatic heterocycles. The highest BCUT2D eigenvalue weighted by Gasteiger charge is 2.11. The van der Waals surface area contributed by atoms with Crippen LogP contribution in [0.25, 0.3) is 0 Å². The van der Waals surface area contributed by atoms with Crippen molar-refractivity contribution in [3.8, 4) is 0 Å². The van der Waals surface area contributed by atoms with Crippen LogP contribution in [0.5, 0.6) is 0 Å². The van der Waals surface area contributed by atoms with Gasteiger partial charge in [0.1, 0.15) is 18.8 Å². The number of ketones is 1. The Balaban J connectivity index is 1.70. The maximum absolute atomic E-state index is 11.8. The molecule has 0 unspecified atom stereocenters. The van der Waals surface area contributed by atoms with E-state index in [-0.39, 0.29) is 18.8 Å². The van der Waals surface area contributed by atoms with E-state index in [2.05, 4.69) is 0 Å². The van der Waals surface area contributed by atoms with Crippen LogP contribution in [0.3, 0.4) is 0 Å². The average molecular weight is 317 g/mol. The zero-order valence-corrected chi connectivity index (χ0v) is 12.9. The minimum absolute atomic E-state index is 0.118. The normalized spacial score (nSPS) is 10.2. The number of aryl methyl sites for hydroxylation is 1. The molecule has 2 aromatic carbocycles. The van der Waals surface area contributed by atoms with Gasteiger partial charge in [-0.05, 0) is 29.7 Å². The molecule has 2 aromatic rings. The molecular formula is C18H17ClO3. The first-order chi connectivity index (χ1) is 10.6. The summed E-state index contributed by atoms with van der Waals surface area (Å²) in [5.41, 5.74) is 1.93. The molecule has 0 aliphatic carbocycles. The Labute approximate surface area is 134 Å². The molecule has 0 aliphatic rings. The van der Waals surface area contributed by atoms with Gasteiger partial charge in [-0.15, -0.1) is 0 Å². The third-order valence-corrected chi connectivity index (χ3v) is 3.44. The van der Waals surface area contributed by atoms with Crippen LogP contribution in [0, 0.1) is 0 Å². The first-order valence-corrected chi connectivity index (χ1v) is 7.47. The number of carbonyl (C=O) groups is 2. The molecular weight excluding hydrogens is 300 g/mol. The third kappa shape index (κ3) is 5.70. The molecule has 114 valence electrons. The fourth-order valence-electron chi connectivity index (χ4n) is 1.97. The first-order valence-electron chi connectivity index (χ1n) is 7.09. The highest BCUT2D eigenvalue weighted by atomic mass is 35.5. The molecule has 0 atom stereocenters. The molecule has 0 heterocycles. The number of esters is 1. The summed E-state index contributed by atoms with van der Waals surface area (Å²) in [5, 5.41) is 0.666. The van der Waals surface area contributed by atoms with Gasteiger partial charge in [-0.1, -0.05) is 54.1 Å². The standard InChI is InChI=1S/C18H17ClO3/c19-16-9-6-14(7-10-16)8-11-17(20)12-18(21)22-13-15-4-2-1-3-5-15/h1-7,9-10H,8,11-13H2. The van der Waals surface area contributed by atoms with Crippen LogP contribution in [-0.2, 0) is 27.4 Å². The van der Waals surface area contributed by atoms with Crippen LogP contribution in [0.4, 0.5) is 0 Å². The predicted molar refractivity (Wildman–Crippen MR) is 85.6 cm³/mol. The topological polar surface area (TPSA) is 43.4 Å². The zero-order valence-electron chi connectivity index (χ0n) is 12.1.